The molecule has 0 aliphatic carbocycles. The van der Waals surface area contributed by atoms with Gasteiger partial charge in [0, 0.05) is 24.5 Å². The van der Waals surface area contributed by atoms with Crippen LogP contribution in [0, 0.1) is 0 Å². The number of rotatable bonds is 8. The molecule has 3 rings (SSSR count). The number of esters is 1. The molecule has 0 atom stereocenters. The molecule has 1 aromatic carbocycles. The van der Waals surface area contributed by atoms with Crippen molar-refractivity contribution in [1.82, 2.24) is 4.98 Å². The molecule has 0 radical (unpaired) electrons. The van der Waals surface area contributed by atoms with Crippen molar-refractivity contribution in [2.75, 3.05) is 58.4 Å². The topological polar surface area (TPSA) is 74.1 Å². The molecular formula is C20H28N3O4+. The number of nitrogens with zero attached hydrogens (tertiary/aromatic N) is 1. The number of pyridine rings is 1. The molecule has 2 heterocycles. The van der Waals surface area contributed by atoms with Crippen molar-refractivity contribution in [2.24, 2.45) is 0 Å². The van der Waals surface area contributed by atoms with Crippen molar-refractivity contribution in [3.63, 3.8) is 0 Å². The molecule has 0 spiro atoms. The average molecular weight is 374 g/mol. The second-order valence-electron chi connectivity index (χ2n) is 6.54. The predicted octanol–water partition coefficient (Wildman–Crippen LogP) is 1.14. The zero-order chi connectivity index (χ0) is 19.1. The maximum absolute atomic E-state index is 12.4. The minimum absolute atomic E-state index is 0.328. The van der Waals surface area contributed by atoms with E-state index in [-0.39, 0.29) is 5.97 Å². The van der Waals surface area contributed by atoms with E-state index in [1.807, 2.05) is 18.2 Å². The standard InChI is InChI=1S/C20H27N3O4/c1-3-27-20(24)17-14-22-18-6-5-15(25-2)13-16(18)19(17)21-7-4-8-23-9-11-26-12-10-23/h5-6,13-14H,3-4,7-12H2,1-2H3,(H,21,22)/p+1. The molecule has 146 valence electrons. The first-order chi connectivity index (χ1) is 13.2. The number of carbonyl (C=O) groups excluding carboxylic acids is 1. The Bertz CT molecular complexity index is 775. The van der Waals surface area contributed by atoms with E-state index in [0.29, 0.717) is 12.2 Å². The van der Waals surface area contributed by atoms with Gasteiger partial charge in [-0.1, -0.05) is 0 Å². The summed E-state index contributed by atoms with van der Waals surface area (Å²) in [7, 11) is 1.63. The highest BCUT2D eigenvalue weighted by molar-refractivity contribution is 6.05. The molecule has 1 aliphatic heterocycles. The molecule has 0 amide bonds. The lowest BCUT2D eigenvalue weighted by Gasteiger charge is -2.23. The summed E-state index contributed by atoms with van der Waals surface area (Å²) in [5.41, 5.74) is 2.02. The lowest BCUT2D eigenvalue weighted by molar-refractivity contribution is -0.908. The number of hydrogen-bond acceptors (Lipinski definition) is 6. The van der Waals surface area contributed by atoms with E-state index < -0.39 is 0 Å². The van der Waals surface area contributed by atoms with Gasteiger partial charge in [0.2, 0.25) is 0 Å². The molecule has 0 saturated carbocycles. The largest absolute Gasteiger partial charge is 0.497 e. The number of benzene rings is 1. The number of anilines is 1. The van der Waals surface area contributed by atoms with Crippen LogP contribution in [0.4, 0.5) is 5.69 Å². The van der Waals surface area contributed by atoms with E-state index in [1.165, 1.54) is 0 Å². The van der Waals surface area contributed by atoms with Gasteiger partial charge in [-0.15, -0.1) is 0 Å². The number of aromatic nitrogens is 1. The van der Waals surface area contributed by atoms with Crippen LogP contribution in [0.2, 0.25) is 0 Å². The molecule has 1 aliphatic rings. The monoisotopic (exact) mass is 374 g/mol. The van der Waals surface area contributed by atoms with Crippen LogP contribution in [0.15, 0.2) is 24.4 Å². The number of hydrogen-bond donors (Lipinski definition) is 2. The number of morpholine rings is 1. The van der Waals surface area contributed by atoms with Crippen LogP contribution in [0.5, 0.6) is 5.75 Å². The Morgan fingerprint density at radius 2 is 2.15 bits per heavy atom. The number of carbonyl (C=O) groups is 1. The molecule has 0 bridgehead atoms. The third-order valence-corrected chi connectivity index (χ3v) is 4.78. The van der Waals surface area contributed by atoms with Gasteiger partial charge in [-0.05, 0) is 25.1 Å². The highest BCUT2D eigenvalue weighted by atomic mass is 16.5. The SMILES string of the molecule is CCOC(=O)c1cnc2ccc(OC)cc2c1NCCC[NH+]1CCOCC1. The van der Waals surface area contributed by atoms with Gasteiger partial charge in [-0.2, -0.15) is 0 Å². The highest BCUT2D eigenvalue weighted by Crippen LogP contribution is 2.29. The Hall–Kier alpha value is -2.38. The number of ether oxygens (including phenoxy) is 3. The maximum Gasteiger partial charge on any atom is 0.341 e. The molecule has 1 aromatic heterocycles. The number of methoxy groups -OCH3 is 1. The first-order valence-electron chi connectivity index (χ1n) is 9.52. The van der Waals surface area contributed by atoms with Crippen LogP contribution < -0.4 is 15.0 Å². The van der Waals surface area contributed by atoms with E-state index >= 15 is 0 Å². The molecule has 7 heteroatoms. The van der Waals surface area contributed by atoms with Gasteiger partial charge in [-0.3, -0.25) is 4.98 Å². The predicted molar refractivity (Wildman–Crippen MR) is 104 cm³/mol. The van der Waals surface area contributed by atoms with Crippen molar-refractivity contribution in [3.8, 4) is 5.75 Å². The molecule has 2 aromatic rings. The summed E-state index contributed by atoms with van der Waals surface area (Å²) in [5.74, 6) is 0.363. The van der Waals surface area contributed by atoms with E-state index in [0.717, 1.165) is 68.2 Å². The normalized spacial score (nSPS) is 14.9. The van der Waals surface area contributed by atoms with Crippen LogP contribution in [0.3, 0.4) is 0 Å². The van der Waals surface area contributed by atoms with E-state index in [9.17, 15) is 4.79 Å². The average Bonchev–Trinajstić information content (AvgIpc) is 2.71. The number of quaternary nitrogens is 1. The summed E-state index contributed by atoms with van der Waals surface area (Å²) in [5, 5.41) is 4.31. The van der Waals surface area contributed by atoms with Crippen molar-refractivity contribution in [1.29, 1.82) is 0 Å². The second-order valence-corrected chi connectivity index (χ2v) is 6.54. The van der Waals surface area contributed by atoms with Crippen molar-refractivity contribution < 1.29 is 23.9 Å². The minimum Gasteiger partial charge on any atom is -0.497 e. The van der Waals surface area contributed by atoms with Crippen LogP contribution in [-0.2, 0) is 9.47 Å². The van der Waals surface area contributed by atoms with Gasteiger partial charge < -0.3 is 24.4 Å². The van der Waals surface area contributed by atoms with Crippen molar-refractivity contribution in [2.45, 2.75) is 13.3 Å². The fraction of sp³-hybridized carbons (Fsp3) is 0.500. The second kappa shape index (κ2) is 9.53. The Morgan fingerprint density at radius 3 is 2.89 bits per heavy atom. The molecular weight excluding hydrogens is 346 g/mol. The summed E-state index contributed by atoms with van der Waals surface area (Å²) in [6.45, 7) is 7.77. The summed E-state index contributed by atoms with van der Waals surface area (Å²) in [6, 6.07) is 5.66. The maximum atomic E-state index is 12.4. The molecule has 1 fully saturated rings. The first kappa shape index (κ1) is 19.4. The zero-order valence-electron chi connectivity index (χ0n) is 16.0. The number of fused-ring (bicyclic) bond motifs is 1. The number of nitrogens with one attached hydrogen (secondary N) is 2. The lowest BCUT2D eigenvalue weighted by Crippen LogP contribution is -3.14. The van der Waals surface area contributed by atoms with E-state index in [2.05, 4.69) is 10.3 Å². The van der Waals surface area contributed by atoms with Gasteiger partial charge in [0.15, 0.2) is 0 Å². The molecule has 0 unspecified atom stereocenters. The summed E-state index contributed by atoms with van der Waals surface area (Å²) in [4.78, 5) is 18.4. The Kier molecular flexibility index (Phi) is 6.84. The Balaban J connectivity index is 1.78. The van der Waals surface area contributed by atoms with Crippen LogP contribution in [-0.4, -0.2) is 64.1 Å². The first-order valence-corrected chi connectivity index (χ1v) is 9.52. The third-order valence-electron chi connectivity index (χ3n) is 4.78. The fourth-order valence-corrected chi connectivity index (χ4v) is 3.31. The fourth-order valence-electron chi connectivity index (χ4n) is 3.31. The Labute approximate surface area is 159 Å². The minimum atomic E-state index is -0.365. The summed E-state index contributed by atoms with van der Waals surface area (Å²) >= 11 is 0. The third kappa shape index (κ3) is 4.87. The molecule has 2 N–H and O–H groups in total. The quantitative estimate of drug-likeness (QED) is 0.533. The highest BCUT2D eigenvalue weighted by Gasteiger charge is 2.18. The zero-order valence-corrected chi connectivity index (χ0v) is 16.0. The van der Waals surface area contributed by atoms with Gasteiger partial charge in [-0.25, -0.2) is 4.79 Å². The Morgan fingerprint density at radius 1 is 1.33 bits per heavy atom. The van der Waals surface area contributed by atoms with E-state index in [1.54, 1.807) is 25.1 Å². The smallest absolute Gasteiger partial charge is 0.341 e. The lowest BCUT2D eigenvalue weighted by atomic mass is 10.1. The molecule has 7 nitrogen and oxygen atoms in total. The van der Waals surface area contributed by atoms with Gasteiger partial charge >= 0.3 is 5.97 Å². The van der Waals surface area contributed by atoms with Gasteiger partial charge in [0.05, 0.1) is 44.7 Å². The van der Waals surface area contributed by atoms with Crippen molar-refractivity contribution in [3.05, 3.63) is 30.0 Å². The van der Waals surface area contributed by atoms with Crippen LogP contribution in [0.1, 0.15) is 23.7 Å². The van der Waals surface area contributed by atoms with Gasteiger partial charge in [0.1, 0.15) is 24.4 Å². The van der Waals surface area contributed by atoms with Crippen LogP contribution in [0.25, 0.3) is 10.9 Å². The molecule has 1 saturated heterocycles. The summed E-state index contributed by atoms with van der Waals surface area (Å²) in [6.07, 6.45) is 2.59. The van der Waals surface area contributed by atoms with E-state index in [4.69, 9.17) is 14.2 Å². The van der Waals surface area contributed by atoms with Gasteiger partial charge in [0.25, 0.3) is 0 Å². The van der Waals surface area contributed by atoms with Crippen molar-refractivity contribution >= 4 is 22.6 Å². The van der Waals surface area contributed by atoms with Crippen LogP contribution >= 0.6 is 0 Å². The summed E-state index contributed by atoms with van der Waals surface area (Å²) < 4.78 is 16.0. The molecule has 27 heavy (non-hydrogen) atoms.